The van der Waals surface area contributed by atoms with Gasteiger partial charge in [-0.1, -0.05) is 0 Å². The highest BCUT2D eigenvalue weighted by atomic mass is 16.5. The number of benzene rings is 2. The molecule has 0 saturated carbocycles. The molecule has 9 heteroatoms. The monoisotopic (exact) mass is 455 g/mol. The standard InChI is InChI=1S/C24H29N3O6/c1-16-24(29)27(9-8-26-10-12-32-13-11-26)19-15-18(5-7-20(19)33-16)25-23(28)17-4-6-21(30-2)22(14-17)31-3/h4-7,14-16H,8-13H2,1-3H3,(H,25,28). The van der Waals surface area contributed by atoms with Crippen LogP contribution in [0, 0.1) is 0 Å². The van der Waals surface area contributed by atoms with Crippen molar-refractivity contribution in [2.24, 2.45) is 0 Å². The van der Waals surface area contributed by atoms with Crippen LogP contribution in [0.1, 0.15) is 17.3 Å². The lowest BCUT2D eigenvalue weighted by atomic mass is 10.1. The van der Waals surface area contributed by atoms with E-state index in [1.54, 1.807) is 55.3 Å². The number of nitrogens with one attached hydrogen (secondary N) is 1. The van der Waals surface area contributed by atoms with Crippen LogP contribution >= 0.6 is 0 Å². The van der Waals surface area contributed by atoms with Gasteiger partial charge in [-0.2, -0.15) is 0 Å². The SMILES string of the molecule is COc1ccc(C(=O)Nc2ccc3c(c2)N(CCN2CCOCC2)C(=O)C(C)O3)cc1OC. The van der Waals surface area contributed by atoms with E-state index in [0.29, 0.717) is 53.9 Å². The number of carbonyl (C=O) groups excluding carboxylic acids is 2. The van der Waals surface area contributed by atoms with Crippen molar-refractivity contribution in [3.05, 3.63) is 42.0 Å². The molecule has 2 aromatic carbocycles. The summed E-state index contributed by atoms with van der Waals surface area (Å²) in [6, 6.07) is 10.3. The zero-order valence-corrected chi connectivity index (χ0v) is 19.1. The van der Waals surface area contributed by atoms with Crippen LogP contribution in [0.25, 0.3) is 0 Å². The Labute approximate surface area is 193 Å². The fourth-order valence-electron chi connectivity index (χ4n) is 3.96. The molecule has 1 atom stereocenters. The first kappa shape index (κ1) is 22.9. The lowest BCUT2D eigenvalue weighted by Gasteiger charge is -2.35. The third-order valence-electron chi connectivity index (χ3n) is 5.81. The maximum absolute atomic E-state index is 12.9. The third kappa shape index (κ3) is 5.04. The van der Waals surface area contributed by atoms with E-state index < -0.39 is 6.10 Å². The van der Waals surface area contributed by atoms with E-state index in [0.717, 1.165) is 19.6 Å². The maximum Gasteiger partial charge on any atom is 0.267 e. The largest absolute Gasteiger partial charge is 0.493 e. The molecule has 0 bridgehead atoms. The molecular formula is C24H29N3O6. The molecule has 2 heterocycles. The number of anilines is 2. The number of hydrogen-bond acceptors (Lipinski definition) is 7. The van der Waals surface area contributed by atoms with E-state index in [9.17, 15) is 9.59 Å². The number of fused-ring (bicyclic) bond motifs is 1. The summed E-state index contributed by atoms with van der Waals surface area (Å²) in [5.41, 5.74) is 1.64. The van der Waals surface area contributed by atoms with Gasteiger partial charge in [0.05, 0.1) is 33.1 Å². The van der Waals surface area contributed by atoms with Crippen LogP contribution in [0.3, 0.4) is 0 Å². The van der Waals surface area contributed by atoms with Gasteiger partial charge in [0.1, 0.15) is 5.75 Å². The van der Waals surface area contributed by atoms with E-state index in [1.165, 1.54) is 7.11 Å². The first-order chi connectivity index (χ1) is 16.0. The van der Waals surface area contributed by atoms with Gasteiger partial charge in [-0.3, -0.25) is 14.5 Å². The average Bonchev–Trinajstić information content (AvgIpc) is 2.84. The summed E-state index contributed by atoms with van der Waals surface area (Å²) in [5.74, 6) is 1.24. The minimum absolute atomic E-state index is 0.0980. The second-order valence-electron chi connectivity index (χ2n) is 7.91. The molecule has 33 heavy (non-hydrogen) atoms. The maximum atomic E-state index is 12.9. The number of nitrogens with zero attached hydrogens (tertiary/aromatic N) is 2. The lowest BCUT2D eigenvalue weighted by Crippen LogP contribution is -2.48. The molecule has 2 aliphatic heterocycles. The lowest BCUT2D eigenvalue weighted by molar-refractivity contribution is -0.125. The van der Waals surface area contributed by atoms with Gasteiger partial charge in [-0.25, -0.2) is 0 Å². The van der Waals surface area contributed by atoms with Crippen LogP contribution in [0.5, 0.6) is 17.2 Å². The first-order valence-corrected chi connectivity index (χ1v) is 11.0. The number of carbonyl (C=O) groups is 2. The summed E-state index contributed by atoms with van der Waals surface area (Å²) in [4.78, 5) is 29.8. The van der Waals surface area contributed by atoms with Gasteiger partial charge in [0, 0.05) is 37.4 Å². The van der Waals surface area contributed by atoms with Crippen molar-refractivity contribution in [3.63, 3.8) is 0 Å². The molecule has 1 saturated heterocycles. The van der Waals surface area contributed by atoms with Gasteiger partial charge in [0.2, 0.25) is 0 Å². The zero-order chi connectivity index (χ0) is 23.4. The van der Waals surface area contributed by atoms with Crippen molar-refractivity contribution < 1.29 is 28.5 Å². The minimum Gasteiger partial charge on any atom is -0.493 e. The summed E-state index contributed by atoms with van der Waals surface area (Å²) < 4.78 is 21.7. The van der Waals surface area contributed by atoms with E-state index >= 15 is 0 Å². The fraction of sp³-hybridized carbons (Fsp3) is 0.417. The number of hydrogen-bond donors (Lipinski definition) is 1. The fourth-order valence-corrected chi connectivity index (χ4v) is 3.96. The number of morpholine rings is 1. The van der Waals surface area contributed by atoms with Gasteiger partial charge < -0.3 is 29.2 Å². The average molecular weight is 456 g/mol. The Kier molecular flexibility index (Phi) is 7.00. The number of methoxy groups -OCH3 is 2. The Hall–Kier alpha value is -3.30. The van der Waals surface area contributed by atoms with Gasteiger partial charge in [-0.05, 0) is 43.3 Å². The van der Waals surface area contributed by atoms with E-state index in [-0.39, 0.29) is 11.8 Å². The number of amides is 2. The highest BCUT2D eigenvalue weighted by Gasteiger charge is 2.32. The Morgan fingerprint density at radius 3 is 2.55 bits per heavy atom. The van der Waals surface area contributed by atoms with Gasteiger partial charge in [-0.15, -0.1) is 0 Å². The topological polar surface area (TPSA) is 89.6 Å². The second kappa shape index (κ2) is 10.1. The van der Waals surface area contributed by atoms with Crippen LogP contribution in [-0.4, -0.2) is 76.4 Å². The van der Waals surface area contributed by atoms with Crippen molar-refractivity contribution in [2.45, 2.75) is 13.0 Å². The molecule has 2 amide bonds. The summed E-state index contributed by atoms with van der Waals surface area (Å²) in [6.07, 6.45) is -0.561. The molecule has 2 aliphatic rings. The zero-order valence-electron chi connectivity index (χ0n) is 19.1. The molecule has 9 nitrogen and oxygen atoms in total. The molecule has 176 valence electrons. The molecule has 0 aliphatic carbocycles. The predicted molar refractivity (Wildman–Crippen MR) is 124 cm³/mol. The van der Waals surface area contributed by atoms with E-state index in [4.69, 9.17) is 18.9 Å². The van der Waals surface area contributed by atoms with Gasteiger partial charge in [0.15, 0.2) is 17.6 Å². The van der Waals surface area contributed by atoms with Crippen molar-refractivity contribution in [1.82, 2.24) is 4.90 Å². The molecule has 0 spiro atoms. The Morgan fingerprint density at radius 1 is 1.06 bits per heavy atom. The normalized spacial score (nSPS) is 18.3. The van der Waals surface area contributed by atoms with Crippen molar-refractivity contribution in [1.29, 1.82) is 0 Å². The number of rotatable bonds is 7. The molecule has 4 rings (SSSR count). The van der Waals surface area contributed by atoms with Crippen LogP contribution in [0.4, 0.5) is 11.4 Å². The molecule has 0 aromatic heterocycles. The highest BCUT2D eigenvalue weighted by Crippen LogP contribution is 2.36. The Balaban J connectivity index is 1.52. The van der Waals surface area contributed by atoms with Crippen molar-refractivity contribution in [2.75, 3.05) is 63.8 Å². The molecule has 1 fully saturated rings. The number of ether oxygens (including phenoxy) is 4. The van der Waals surface area contributed by atoms with Crippen LogP contribution in [0.15, 0.2) is 36.4 Å². The minimum atomic E-state index is -0.561. The van der Waals surface area contributed by atoms with Crippen LogP contribution < -0.4 is 24.4 Å². The van der Waals surface area contributed by atoms with Crippen LogP contribution in [0.2, 0.25) is 0 Å². The third-order valence-corrected chi connectivity index (χ3v) is 5.81. The summed E-state index contributed by atoms with van der Waals surface area (Å²) in [5, 5.41) is 2.89. The molecule has 2 aromatic rings. The molecular weight excluding hydrogens is 426 g/mol. The molecule has 1 N–H and O–H groups in total. The summed E-state index contributed by atoms with van der Waals surface area (Å²) in [7, 11) is 3.06. The first-order valence-electron chi connectivity index (χ1n) is 11.0. The summed E-state index contributed by atoms with van der Waals surface area (Å²) >= 11 is 0. The molecule has 1 unspecified atom stereocenters. The Morgan fingerprint density at radius 2 is 1.82 bits per heavy atom. The summed E-state index contributed by atoms with van der Waals surface area (Å²) in [6.45, 7) is 6.13. The second-order valence-corrected chi connectivity index (χ2v) is 7.91. The highest BCUT2D eigenvalue weighted by molar-refractivity contribution is 6.06. The quantitative estimate of drug-likeness (QED) is 0.686. The Bertz CT molecular complexity index is 1020. The van der Waals surface area contributed by atoms with E-state index in [1.807, 2.05) is 0 Å². The van der Waals surface area contributed by atoms with Gasteiger partial charge >= 0.3 is 0 Å². The van der Waals surface area contributed by atoms with Crippen molar-refractivity contribution >= 4 is 23.2 Å². The predicted octanol–water partition coefficient (Wildman–Crippen LogP) is 2.40. The smallest absolute Gasteiger partial charge is 0.267 e. The van der Waals surface area contributed by atoms with Crippen LogP contribution in [-0.2, 0) is 9.53 Å². The van der Waals surface area contributed by atoms with Crippen molar-refractivity contribution in [3.8, 4) is 17.2 Å². The van der Waals surface area contributed by atoms with Gasteiger partial charge in [0.25, 0.3) is 11.8 Å². The molecule has 0 radical (unpaired) electrons. The van der Waals surface area contributed by atoms with E-state index in [2.05, 4.69) is 10.2 Å².